The molecule has 0 radical (unpaired) electrons. The van der Waals surface area contributed by atoms with Crippen LogP contribution in [0.2, 0.25) is 0 Å². The summed E-state index contributed by atoms with van der Waals surface area (Å²) in [7, 11) is 0. The monoisotopic (exact) mass is 261 g/mol. The Morgan fingerprint density at radius 3 is 2.79 bits per heavy atom. The smallest absolute Gasteiger partial charge is 0.337 e. The van der Waals surface area contributed by atoms with Gasteiger partial charge in [0.05, 0.1) is 23.1 Å². The zero-order valence-corrected chi connectivity index (χ0v) is 10.1. The van der Waals surface area contributed by atoms with Crippen LogP contribution in [0.25, 0.3) is 0 Å². The number of nitrogens with one attached hydrogen (secondary N) is 1. The molecule has 0 fully saturated rings. The topological polar surface area (TPSA) is 88.2 Å². The number of carboxylic acid groups (broad SMARTS) is 1. The first-order valence-electron chi connectivity index (χ1n) is 5.49. The van der Waals surface area contributed by atoms with Gasteiger partial charge in [-0.2, -0.15) is 0 Å². The molecule has 1 aromatic heterocycles. The van der Waals surface area contributed by atoms with Gasteiger partial charge in [-0.3, -0.25) is 0 Å². The van der Waals surface area contributed by atoms with Gasteiger partial charge in [0.2, 0.25) is 0 Å². The Morgan fingerprint density at radius 1 is 1.42 bits per heavy atom. The van der Waals surface area contributed by atoms with Gasteiger partial charge >= 0.3 is 5.97 Å². The molecular formula is C13H12FN3O2. The third-order valence-electron chi connectivity index (χ3n) is 2.55. The summed E-state index contributed by atoms with van der Waals surface area (Å²) in [5, 5.41) is 11.7. The van der Waals surface area contributed by atoms with Crippen molar-refractivity contribution in [1.82, 2.24) is 4.98 Å². The number of pyridine rings is 1. The van der Waals surface area contributed by atoms with Crippen molar-refractivity contribution in [2.45, 2.75) is 6.92 Å². The molecule has 2 aromatic rings. The zero-order valence-electron chi connectivity index (χ0n) is 10.1. The Kier molecular flexibility index (Phi) is 3.33. The fraction of sp³-hybridized carbons (Fsp3) is 0.0769. The Morgan fingerprint density at radius 2 is 2.16 bits per heavy atom. The van der Waals surface area contributed by atoms with E-state index in [1.54, 1.807) is 19.1 Å². The van der Waals surface area contributed by atoms with Crippen molar-refractivity contribution in [2.75, 3.05) is 11.1 Å². The van der Waals surface area contributed by atoms with Crippen molar-refractivity contribution < 1.29 is 14.3 Å². The van der Waals surface area contributed by atoms with Gasteiger partial charge in [-0.05, 0) is 30.7 Å². The minimum absolute atomic E-state index is 0.0578. The summed E-state index contributed by atoms with van der Waals surface area (Å²) < 4.78 is 13.6. The van der Waals surface area contributed by atoms with Gasteiger partial charge < -0.3 is 16.2 Å². The molecule has 1 heterocycles. The number of aryl methyl sites for hydroxylation is 1. The van der Waals surface area contributed by atoms with Gasteiger partial charge in [-0.25, -0.2) is 14.2 Å². The van der Waals surface area contributed by atoms with Crippen LogP contribution in [0.3, 0.4) is 0 Å². The van der Waals surface area contributed by atoms with Crippen LogP contribution in [0.15, 0.2) is 30.5 Å². The number of aromatic nitrogens is 1. The average molecular weight is 261 g/mol. The highest BCUT2D eigenvalue weighted by molar-refractivity contribution is 5.94. The molecule has 0 atom stereocenters. The number of nitrogens with two attached hydrogens (primary N) is 1. The van der Waals surface area contributed by atoms with Crippen LogP contribution in [0, 0.1) is 12.7 Å². The van der Waals surface area contributed by atoms with Crippen LogP contribution in [-0.2, 0) is 0 Å². The predicted octanol–water partition coefficient (Wildman–Crippen LogP) is 2.55. The maximum atomic E-state index is 13.6. The number of hydrogen-bond acceptors (Lipinski definition) is 4. The van der Waals surface area contributed by atoms with Gasteiger partial charge in [-0.15, -0.1) is 0 Å². The number of anilines is 3. The quantitative estimate of drug-likeness (QED) is 0.790. The van der Waals surface area contributed by atoms with E-state index in [2.05, 4.69) is 10.3 Å². The summed E-state index contributed by atoms with van der Waals surface area (Å²) in [6, 6.07) is 5.93. The highest BCUT2D eigenvalue weighted by Gasteiger charge is 2.10. The standard InChI is InChI=1S/C13H12FN3O2/c1-7-2-3-11(9(14)4-7)17-12-5-8(13(18)19)10(15)6-16-12/h2-6H,15H2,1H3,(H,16,17)(H,18,19). The Balaban J connectivity index is 2.33. The molecule has 0 bridgehead atoms. The summed E-state index contributed by atoms with van der Waals surface area (Å²) in [5.74, 6) is -1.38. The van der Waals surface area contributed by atoms with Gasteiger partial charge in [0.15, 0.2) is 0 Å². The second-order valence-corrected chi connectivity index (χ2v) is 4.07. The van der Waals surface area contributed by atoms with Crippen molar-refractivity contribution in [3.63, 3.8) is 0 Å². The first-order chi connectivity index (χ1) is 8.97. The molecule has 0 amide bonds. The molecule has 0 spiro atoms. The third kappa shape index (κ3) is 2.79. The van der Waals surface area contributed by atoms with E-state index in [4.69, 9.17) is 10.8 Å². The molecule has 0 aliphatic rings. The van der Waals surface area contributed by atoms with E-state index < -0.39 is 11.8 Å². The maximum Gasteiger partial charge on any atom is 0.337 e. The lowest BCUT2D eigenvalue weighted by Crippen LogP contribution is -2.05. The van der Waals surface area contributed by atoms with Gasteiger partial charge in [0.25, 0.3) is 0 Å². The Labute approximate surface area is 108 Å². The summed E-state index contributed by atoms with van der Waals surface area (Å²) in [6.45, 7) is 1.77. The number of nitrogens with zero attached hydrogens (tertiary/aromatic N) is 1. The average Bonchev–Trinajstić information content (AvgIpc) is 2.34. The second-order valence-electron chi connectivity index (χ2n) is 4.07. The number of aromatic carboxylic acids is 1. The molecular weight excluding hydrogens is 249 g/mol. The Hall–Kier alpha value is -2.63. The van der Waals surface area contributed by atoms with Crippen LogP contribution in [0.4, 0.5) is 21.6 Å². The molecule has 19 heavy (non-hydrogen) atoms. The summed E-state index contributed by atoms with van der Waals surface area (Å²) in [5.41, 5.74) is 6.48. The van der Waals surface area contributed by atoms with E-state index in [0.29, 0.717) is 0 Å². The molecule has 0 saturated carbocycles. The molecule has 5 nitrogen and oxygen atoms in total. The molecule has 4 N–H and O–H groups in total. The van der Waals surface area contributed by atoms with Crippen molar-refractivity contribution in [1.29, 1.82) is 0 Å². The van der Waals surface area contributed by atoms with E-state index in [1.807, 2.05) is 0 Å². The molecule has 0 unspecified atom stereocenters. The van der Waals surface area contributed by atoms with Crippen molar-refractivity contribution in [3.05, 3.63) is 47.4 Å². The van der Waals surface area contributed by atoms with Crippen molar-refractivity contribution in [3.8, 4) is 0 Å². The maximum absolute atomic E-state index is 13.6. The third-order valence-corrected chi connectivity index (χ3v) is 2.55. The summed E-state index contributed by atoms with van der Waals surface area (Å²) in [6.07, 6.45) is 1.22. The van der Waals surface area contributed by atoms with Gasteiger partial charge in [0.1, 0.15) is 11.6 Å². The predicted molar refractivity (Wildman–Crippen MR) is 70.0 cm³/mol. The SMILES string of the molecule is Cc1ccc(Nc2cc(C(=O)O)c(N)cn2)c(F)c1. The molecule has 6 heteroatoms. The number of nitrogen functional groups attached to an aromatic ring is 1. The van der Waals surface area contributed by atoms with E-state index in [1.165, 1.54) is 18.3 Å². The largest absolute Gasteiger partial charge is 0.478 e. The Bertz CT molecular complexity index is 644. The van der Waals surface area contributed by atoms with Crippen molar-refractivity contribution in [2.24, 2.45) is 0 Å². The number of halogens is 1. The lowest BCUT2D eigenvalue weighted by atomic mass is 10.2. The minimum atomic E-state index is -1.16. The lowest BCUT2D eigenvalue weighted by Gasteiger charge is -2.09. The number of benzene rings is 1. The fourth-order valence-corrected chi connectivity index (χ4v) is 1.58. The van der Waals surface area contributed by atoms with E-state index in [0.717, 1.165) is 5.56 Å². The fourth-order valence-electron chi connectivity index (χ4n) is 1.58. The summed E-state index contributed by atoms with van der Waals surface area (Å²) in [4.78, 5) is 14.8. The van der Waals surface area contributed by atoms with Crippen LogP contribution < -0.4 is 11.1 Å². The zero-order chi connectivity index (χ0) is 14.0. The highest BCUT2D eigenvalue weighted by Crippen LogP contribution is 2.22. The lowest BCUT2D eigenvalue weighted by molar-refractivity contribution is 0.0698. The van der Waals surface area contributed by atoms with E-state index in [9.17, 15) is 9.18 Å². The van der Waals surface area contributed by atoms with Crippen LogP contribution in [0.5, 0.6) is 0 Å². The summed E-state index contributed by atoms with van der Waals surface area (Å²) >= 11 is 0. The molecule has 2 rings (SSSR count). The first kappa shape index (κ1) is 12.8. The van der Waals surface area contributed by atoms with Crippen LogP contribution in [0.1, 0.15) is 15.9 Å². The van der Waals surface area contributed by atoms with Crippen LogP contribution in [-0.4, -0.2) is 16.1 Å². The minimum Gasteiger partial charge on any atom is -0.478 e. The first-order valence-corrected chi connectivity index (χ1v) is 5.49. The molecule has 0 aliphatic carbocycles. The molecule has 0 saturated heterocycles. The number of rotatable bonds is 3. The highest BCUT2D eigenvalue weighted by atomic mass is 19.1. The van der Waals surface area contributed by atoms with Gasteiger partial charge in [0, 0.05) is 0 Å². The second kappa shape index (κ2) is 4.93. The molecule has 1 aromatic carbocycles. The van der Waals surface area contributed by atoms with Crippen LogP contribution >= 0.6 is 0 Å². The number of carbonyl (C=O) groups is 1. The van der Waals surface area contributed by atoms with E-state index >= 15 is 0 Å². The van der Waals surface area contributed by atoms with Crippen molar-refractivity contribution >= 4 is 23.2 Å². The van der Waals surface area contributed by atoms with E-state index in [-0.39, 0.29) is 22.8 Å². The normalized spacial score (nSPS) is 10.2. The molecule has 0 aliphatic heterocycles. The van der Waals surface area contributed by atoms with Gasteiger partial charge in [-0.1, -0.05) is 6.07 Å². The molecule has 98 valence electrons. The number of carboxylic acids is 1. The number of hydrogen-bond donors (Lipinski definition) is 3.